The van der Waals surface area contributed by atoms with Gasteiger partial charge < -0.3 is 9.15 Å². The molecule has 1 heterocycles. The molecule has 0 unspecified atom stereocenters. The molecule has 0 aliphatic carbocycles. The van der Waals surface area contributed by atoms with Crippen LogP contribution in [0.3, 0.4) is 0 Å². The first-order chi connectivity index (χ1) is 13.6. The number of hydrogen-bond acceptors (Lipinski definition) is 4. The Morgan fingerprint density at radius 1 is 0.964 bits per heavy atom. The van der Waals surface area contributed by atoms with Crippen LogP contribution in [-0.4, -0.2) is 5.97 Å². The van der Waals surface area contributed by atoms with Crippen molar-refractivity contribution in [2.24, 2.45) is 0 Å². The molecule has 0 atom stereocenters. The standard InChI is InChI=1S/C23H15BrO4/c24-17-8-6-16(7-9-17)20-14-27-21-13-18(10-11-19(21)23(20)26)28-22(25)12-15-4-2-1-3-5-15/h1-11,13-14H,12H2. The van der Waals surface area contributed by atoms with E-state index in [1.807, 2.05) is 54.6 Å². The van der Waals surface area contributed by atoms with Crippen molar-refractivity contribution in [3.05, 3.63) is 99.3 Å². The van der Waals surface area contributed by atoms with Crippen LogP contribution in [0, 0.1) is 0 Å². The van der Waals surface area contributed by atoms with Gasteiger partial charge in [-0.1, -0.05) is 58.4 Å². The number of rotatable bonds is 4. The Hall–Kier alpha value is -3.18. The lowest BCUT2D eigenvalue weighted by Gasteiger charge is -2.07. The van der Waals surface area contributed by atoms with E-state index in [1.165, 1.54) is 6.26 Å². The van der Waals surface area contributed by atoms with Crippen molar-refractivity contribution in [2.45, 2.75) is 6.42 Å². The van der Waals surface area contributed by atoms with Gasteiger partial charge >= 0.3 is 5.97 Å². The molecule has 0 aliphatic rings. The molecule has 0 fully saturated rings. The quantitative estimate of drug-likeness (QED) is 0.320. The van der Waals surface area contributed by atoms with Gasteiger partial charge in [0.2, 0.25) is 0 Å². The van der Waals surface area contributed by atoms with Crippen LogP contribution in [0.15, 0.2) is 92.7 Å². The third-order valence-corrected chi connectivity index (χ3v) is 4.85. The summed E-state index contributed by atoms with van der Waals surface area (Å²) in [5, 5.41) is 0.434. The van der Waals surface area contributed by atoms with E-state index in [4.69, 9.17) is 9.15 Å². The zero-order chi connectivity index (χ0) is 19.5. The maximum Gasteiger partial charge on any atom is 0.315 e. The summed E-state index contributed by atoms with van der Waals surface area (Å²) in [7, 11) is 0. The third-order valence-electron chi connectivity index (χ3n) is 4.32. The first kappa shape index (κ1) is 18.2. The van der Waals surface area contributed by atoms with Crippen molar-refractivity contribution in [2.75, 3.05) is 0 Å². The average Bonchev–Trinajstić information content (AvgIpc) is 2.70. The molecule has 28 heavy (non-hydrogen) atoms. The van der Waals surface area contributed by atoms with Gasteiger partial charge in [-0.25, -0.2) is 0 Å². The summed E-state index contributed by atoms with van der Waals surface area (Å²) in [5.74, 6) is -0.0349. The maximum absolute atomic E-state index is 12.8. The van der Waals surface area contributed by atoms with E-state index in [0.29, 0.717) is 22.3 Å². The number of esters is 1. The minimum Gasteiger partial charge on any atom is -0.463 e. The molecule has 3 aromatic carbocycles. The topological polar surface area (TPSA) is 56.5 Å². The van der Waals surface area contributed by atoms with Gasteiger partial charge in [0, 0.05) is 10.5 Å². The summed E-state index contributed by atoms with van der Waals surface area (Å²) in [5.41, 5.74) is 2.37. The molecular weight excluding hydrogens is 420 g/mol. The van der Waals surface area contributed by atoms with E-state index >= 15 is 0 Å². The van der Waals surface area contributed by atoms with E-state index in [1.54, 1.807) is 18.2 Å². The number of carbonyl (C=O) groups excluding carboxylic acids is 1. The number of carbonyl (C=O) groups is 1. The second kappa shape index (κ2) is 7.82. The lowest BCUT2D eigenvalue weighted by molar-refractivity contribution is -0.133. The van der Waals surface area contributed by atoms with Gasteiger partial charge in [-0.2, -0.15) is 0 Å². The summed E-state index contributed by atoms with van der Waals surface area (Å²) < 4.78 is 12.0. The van der Waals surface area contributed by atoms with Crippen LogP contribution in [0.25, 0.3) is 22.1 Å². The van der Waals surface area contributed by atoms with Gasteiger partial charge in [-0.3, -0.25) is 9.59 Å². The van der Waals surface area contributed by atoms with E-state index in [0.717, 1.165) is 15.6 Å². The molecule has 1 aromatic heterocycles. The molecule has 0 amide bonds. The minimum absolute atomic E-state index is 0.134. The fourth-order valence-corrected chi connectivity index (χ4v) is 3.20. The van der Waals surface area contributed by atoms with Crippen LogP contribution in [0.1, 0.15) is 5.56 Å². The van der Waals surface area contributed by atoms with Crippen LogP contribution in [-0.2, 0) is 11.2 Å². The third kappa shape index (κ3) is 3.89. The Morgan fingerprint density at radius 3 is 2.46 bits per heavy atom. The monoisotopic (exact) mass is 434 g/mol. The van der Waals surface area contributed by atoms with E-state index in [2.05, 4.69) is 15.9 Å². The molecule has 0 aliphatic heterocycles. The Bertz CT molecular complexity index is 1190. The summed E-state index contributed by atoms with van der Waals surface area (Å²) in [6.07, 6.45) is 1.61. The fraction of sp³-hybridized carbons (Fsp3) is 0.0435. The second-order valence-electron chi connectivity index (χ2n) is 6.28. The zero-order valence-electron chi connectivity index (χ0n) is 14.7. The van der Waals surface area contributed by atoms with Gasteiger partial charge in [-0.05, 0) is 35.4 Å². The predicted octanol–water partition coefficient (Wildman–Crippen LogP) is 5.37. The highest BCUT2D eigenvalue weighted by Gasteiger charge is 2.12. The van der Waals surface area contributed by atoms with Crippen molar-refractivity contribution >= 4 is 32.9 Å². The molecule has 0 radical (unpaired) electrons. The largest absolute Gasteiger partial charge is 0.463 e. The number of ether oxygens (including phenoxy) is 1. The highest BCUT2D eigenvalue weighted by atomic mass is 79.9. The van der Waals surface area contributed by atoms with Crippen LogP contribution in [0.2, 0.25) is 0 Å². The van der Waals surface area contributed by atoms with Gasteiger partial charge in [0.1, 0.15) is 17.6 Å². The van der Waals surface area contributed by atoms with E-state index in [-0.39, 0.29) is 17.8 Å². The molecular formula is C23H15BrO4. The summed E-state index contributed by atoms with van der Waals surface area (Å²) in [4.78, 5) is 24.9. The van der Waals surface area contributed by atoms with Crippen molar-refractivity contribution in [3.63, 3.8) is 0 Å². The predicted molar refractivity (Wildman–Crippen MR) is 111 cm³/mol. The van der Waals surface area contributed by atoms with Gasteiger partial charge in [0.25, 0.3) is 0 Å². The van der Waals surface area contributed by atoms with E-state index in [9.17, 15) is 9.59 Å². The first-order valence-electron chi connectivity index (χ1n) is 8.66. The Labute approximate surface area is 169 Å². The molecule has 0 saturated heterocycles. The molecule has 0 saturated carbocycles. The van der Waals surface area contributed by atoms with Crippen LogP contribution < -0.4 is 10.2 Å². The molecule has 0 N–H and O–H groups in total. The van der Waals surface area contributed by atoms with Crippen LogP contribution in [0.4, 0.5) is 0 Å². The van der Waals surface area contributed by atoms with Crippen LogP contribution >= 0.6 is 15.9 Å². The molecule has 5 heteroatoms. The first-order valence-corrected chi connectivity index (χ1v) is 9.45. The number of halogens is 1. The Kier molecular flexibility index (Phi) is 5.08. The molecule has 4 aromatic rings. The number of hydrogen-bond donors (Lipinski definition) is 0. The van der Waals surface area contributed by atoms with Gasteiger partial charge in [0.05, 0.1) is 17.4 Å². The number of benzene rings is 3. The normalized spacial score (nSPS) is 10.8. The van der Waals surface area contributed by atoms with Crippen LogP contribution in [0.5, 0.6) is 5.75 Å². The van der Waals surface area contributed by atoms with Gasteiger partial charge in [-0.15, -0.1) is 0 Å². The smallest absolute Gasteiger partial charge is 0.315 e. The molecule has 4 rings (SSSR count). The second-order valence-corrected chi connectivity index (χ2v) is 7.20. The SMILES string of the molecule is O=C(Cc1ccccc1)Oc1ccc2c(=O)c(-c3ccc(Br)cc3)coc2c1. The van der Waals surface area contributed by atoms with E-state index < -0.39 is 0 Å². The van der Waals surface area contributed by atoms with Crippen molar-refractivity contribution in [1.29, 1.82) is 0 Å². The lowest BCUT2D eigenvalue weighted by atomic mass is 10.1. The molecule has 0 bridgehead atoms. The fourth-order valence-electron chi connectivity index (χ4n) is 2.93. The molecule has 138 valence electrons. The zero-order valence-corrected chi connectivity index (χ0v) is 16.3. The van der Waals surface area contributed by atoms with Gasteiger partial charge in [0.15, 0.2) is 5.43 Å². The maximum atomic E-state index is 12.8. The van der Waals surface area contributed by atoms with Crippen molar-refractivity contribution in [1.82, 2.24) is 0 Å². The summed E-state index contributed by atoms with van der Waals surface area (Å²) in [6.45, 7) is 0. The minimum atomic E-state index is -0.376. The highest BCUT2D eigenvalue weighted by molar-refractivity contribution is 9.10. The Balaban J connectivity index is 1.59. The Morgan fingerprint density at radius 2 is 1.71 bits per heavy atom. The average molecular weight is 435 g/mol. The van der Waals surface area contributed by atoms with Crippen molar-refractivity contribution in [3.8, 4) is 16.9 Å². The molecule has 0 spiro atoms. The summed E-state index contributed by atoms with van der Waals surface area (Å²) >= 11 is 3.38. The number of fused-ring (bicyclic) bond motifs is 1. The lowest BCUT2D eigenvalue weighted by Crippen LogP contribution is -2.11. The summed E-state index contributed by atoms with van der Waals surface area (Å²) in [6, 6.07) is 21.6. The molecule has 4 nitrogen and oxygen atoms in total. The van der Waals surface area contributed by atoms with Crippen molar-refractivity contribution < 1.29 is 13.9 Å². The highest BCUT2D eigenvalue weighted by Crippen LogP contribution is 2.24.